The molecule has 9 heteroatoms. The van der Waals surface area contributed by atoms with Crippen molar-refractivity contribution < 1.29 is 18.4 Å². The van der Waals surface area contributed by atoms with E-state index in [1.807, 2.05) is 121 Å². The predicted molar refractivity (Wildman–Crippen MR) is 183 cm³/mol. The molecule has 0 aliphatic heterocycles. The molecule has 0 saturated carbocycles. The highest BCUT2D eigenvalue weighted by Gasteiger charge is 2.26. The minimum Gasteiger partial charge on any atom is -0.438 e. The van der Waals surface area contributed by atoms with E-state index in [-0.39, 0.29) is 34.4 Å². The van der Waals surface area contributed by atoms with Crippen LogP contribution < -0.4 is 10.6 Å². The van der Waals surface area contributed by atoms with Crippen molar-refractivity contribution >= 4 is 35.3 Å². The third kappa shape index (κ3) is 6.71. The van der Waals surface area contributed by atoms with Gasteiger partial charge < -0.3 is 8.83 Å². The van der Waals surface area contributed by atoms with Gasteiger partial charge in [-0.15, -0.1) is 11.8 Å². The summed E-state index contributed by atoms with van der Waals surface area (Å²) in [6.07, 6.45) is 0. The summed E-state index contributed by atoms with van der Waals surface area (Å²) in [7, 11) is 0. The Morgan fingerprint density at radius 1 is 0.532 bits per heavy atom. The number of nitrogens with one attached hydrogen (secondary N) is 2. The van der Waals surface area contributed by atoms with Crippen LogP contribution in [0.4, 0.5) is 11.8 Å². The van der Waals surface area contributed by atoms with Gasteiger partial charge in [0.25, 0.3) is 0 Å². The first-order chi connectivity index (χ1) is 23.1. The number of benzene rings is 4. The van der Waals surface area contributed by atoms with Crippen molar-refractivity contribution in [2.75, 3.05) is 22.1 Å². The molecule has 0 radical (unpaired) electrons. The van der Waals surface area contributed by atoms with Gasteiger partial charge in [0, 0.05) is 22.3 Å². The molecule has 0 aliphatic carbocycles. The van der Waals surface area contributed by atoms with Gasteiger partial charge in [0.2, 0.25) is 23.6 Å². The van der Waals surface area contributed by atoms with Crippen molar-refractivity contribution in [2.24, 2.45) is 0 Å². The monoisotopic (exact) mass is 634 g/mol. The zero-order valence-corrected chi connectivity index (χ0v) is 25.7. The minimum absolute atomic E-state index is 0.0383. The molecule has 2 amide bonds. The van der Waals surface area contributed by atoms with E-state index in [9.17, 15) is 20.1 Å². The Labute approximate surface area is 275 Å². The number of carbonyl (C=O) groups is 2. The molecule has 0 spiro atoms. The van der Waals surface area contributed by atoms with Crippen molar-refractivity contribution in [1.82, 2.24) is 0 Å². The summed E-state index contributed by atoms with van der Waals surface area (Å²) in [4.78, 5) is 26.0. The second-order valence-electron chi connectivity index (χ2n) is 10.3. The fraction of sp³-hybridized carbons (Fsp3) is 0.0526. The van der Waals surface area contributed by atoms with Crippen LogP contribution in [0.5, 0.6) is 0 Å². The quantitative estimate of drug-likeness (QED) is 0.154. The summed E-state index contributed by atoms with van der Waals surface area (Å²) < 4.78 is 12.2. The molecule has 0 aliphatic rings. The van der Waals surface area contributed by atoms with Crippen molar-refractivity contribution in [3.63, 3.8) is 0 Å². The molecule has 2 N–H and O–H groups in total. The Morgan fingerprint density at radius 2 is 0.851 bits per heavy atom. The first-order valence-electron chi connectivity index (χ1n) is 14.6. The van der Waals surface area contributed by atoms with Crippen LogP contribution in [-0.4, -0.2) is 23.3 Å². The first kappa shape index (κ1) is 30.7. The lowest BCUT2D eigenvalue weighted by Gasteiger charge is -2.04. The second-order valence-corrected chi connectivity index (χ2v) is 11.3. The Hall–Kier alpha value is -6.29. The molecule has 228 valence electrons. The number of thioether (sulfide) groups is 1. The normalized spacial score (nSPS) is 10.5. The highest BCUT2D eigenvalue weighted by molar-refractivity contribution is 8.00. The molecular weight excluding hydrogens is 609 g/mol. The largest absolute Gasteiger partial charge is 0.438 e. The number of nitriles is 2. The Bertz CT molecular complexity index is 1960. The first-order valence-corrected chi connectivity index (χ1v) is 15.8. The number of furan rings is 2. The summed E-state index contributed by atoms with van der Waals surface area (Å²) in [5, 5.41) is 25.6. The number of amides is 2. The number of nitrogens with zero attached hydrogens (tertiary/aromatic N) is 2. The van der Waals surface area contributed by atoms with Crippen molar-refractivity contribution in [3.05, 3.63) is 132 Å². The Morgan fingerprint density at radius 3 is 1.17 bits per heavy atom. The molecular formula is C38H26N4O4S. The third-order valence-electron chi connectivity index (χ3n) is 7.21. The van der Waals surface area contributed by atoms with Crippen LogP contribution in [0.3, 0.4) is 0 Å². The van der Waals surface area contributed by atoms with Crippen LogP contribution in [0.25, 0.3) is 44.9 Å². The third-order valence-corrected chi connectivity index (χ3v) is 8.14. The Balaban J connectivity index is 1.16. The maximum Gasteiger partial charge on any atom is 0.236 e. The number of anilines is 2. The summed E-state index contributed by atoms with van der Waals surface area (Å²) >= 11 is 1.07. The van der Waals surface area contributed by atoms with E-state index < -0.39 is 11.8 Å². The SMILES string of the molecule is N#Cc1c(NC(=O)CSCC(=O)Nc2oc(-c3ccccc3)c(-c3ccccc3)c2C#N)oc(-c2ccccc2)c1-c1ccccc1. The van der Waals surface area contributed by atoms with Crippen molar-refractivity contribution in [2.45, 2.75) is 0 Å². The van der Waals surface area contributed by atoms with E-state index in [2.05, 4.69) is 22.8 Å². The lowest BCUT2D eigenvalue weighted by atomic mass is 9.98. The topological polar surface area (TPSA) is 132 Å². The maximum absolute atomic E-state index is 13.0. The fourth-order valence-corrected chi connectivity index (χ4v) is 5.78. The number of rotatable bonds is 10. The van der Waals surface area contributed by atoms with Gasteiger partial charge in [0.1, 0.15) is 34.8 Å². The zero-order valence-electron chi connectivity index (χ0n) is 24.9. The highest BCUT2D eigenvalue weighted by atomic mass is 32.2. The smallest absolute Gasteiger partial charge is 0.236 e. The summed E-state index contributed by atoms with van der Waals surface area (Å²) in [6, 6.07) is 41.8. The summed E-state index contributed by atoms with van der Waals surface area (Å²) in [5.41, 5.74) is 4.64. The van der Waals surface area contributed by atoms with E-state index in [1.165, 1.54) is 0 Å². The van der Waals surface area contributed by atoms with Gasteiger partial charge in [-0.1, -0.05) is 121 Å². The fourth-order valence-electron chi connectivity index (χ4n) is 5.16. The minimum atomic E-state index is -0.444. The van der Waals surface area contributed by atoms with Gasteiger partial charge in [0.15, 0.2) is 0 Å². The molecule has 0 unspecified atom stereocenters. The van der Waals surface area contributed by atoms with E-state index in [0.29, 0.717) is 22.6 Å². The molecule has 4 aromatic carbocycles. The van der Waals surface area contributed by atoms with E-state index in [4.69, 9.17) is 8.83 Å². The molecule has 0 atom stereocenters. The molecule has 2 heterocycles. The molecule has 0 bridgehead atoms. The van der Waals surface area contributed by atoms with Crippen LogP contribution in [0.15, 0.2) is 130 Å². The zero-order chi connectivity index (χ0) is 32.6. The lowest BCUT2D eigenvalue weighted by molar-refractivity contribution is -0.114. The number of hydrogen-bond acceptors (Lipinski definition) is 7. The predicted octanol–water partition coefficient (Wildman–Crippen LogP) is 8.59. The van der Waals surface area contributed by atoms with Gasteiger partial charge >= 0.3 is 0 Å². The number of hydrogen-bond donors (Lipinski definition) is 2. The molecule has 6 rings (SSSR count). The molecule has 6 aromatic rings. The highest BCUT2D eigenvalue weighted by Crippen LogP contribution is 2.42. The van der Waals surface area contributed by atoms with Gasteiger partial charge in [0.05, 0.1) is 11.5 Å². The van der Waals surface area contributed by atoms with Gasteiger partial charge in [-0.05, 0) is 11.1 Å². The van der Waals surface area contributed by atoms with Crippen molar-refractivity contribution in [3.8, 4) is 57.0 Å². The van der Waals surface area contributed by atoms with E-state index in [1.54, 1.807) is 0 Å². The average Bonchev–Trinajstić information content (AvgIpc) is 3.67. The van der Waals surface area contributed by atoms with Gasteiger partial charge in [-0.2, -0.15) is 10.5 Å². The van der Waals surface area contributed by atoms with E-state index >= 15 is 0 Å². The average molecular weight is 635 g/mol. The molecule has 8 nitrogen and oxygen atoms in total. The van der Waals surface area contributed by atoms with Crippen LogP contribution >= 0.6 is 11.8 Å². The van der Waals surface area contributed by atoms with Gasteiger partial charge in [-0.3, -0.25) is 20.2 Å². The van der Waals surface area contributed by atoms with Gasteiger partial charge in [-0.25, -0.2) is 0 Å². The maximum atomic E-state index is 13.0. The van der Waals surface area contributed by atoms with Crippen LogP contribution in [0.2, 0.25) is 0 Å². The molecule has 2 aromatic heterocycles. The van der Waals surface area contributed by atoms with Crippen molar-refractivity contribution in [1.29, 1.82) is 10.5 Å². The molecule has 47 heavy (non-hydrogen) atoms. The second kappa shape index (κ2) is 14.2. The molecule has 0 fully saturated rings. The Kier molecular flexibility index (Phi) is 9.29. The van der Waals surface area contributed by atoms with Crippen LogP contribution in [0, 0.1) is 22.7 Å². The number of carbonyl (C=O) groups excluding carboxylic acids is 2. The van der Waals surface area contributed by atoms with Crippen LogP contribution in [0.1, 0.15) is 11.1 Å². The summed E-state index contributed by atoms with van der Waals surface area (Å²) in [5.74, 6) is -0.0593. The lowest BCUT2D eigenvalue weighted by Crippen LogP contribution is -2.18. The standard InChI is InChI=1S/C38H26N4O4S/c39-21-29-33(25-13-5-1-6-14-25)35(27-17-9-3-10-18-27)45-37(29)41-31(43)23-47-24-32(44)42-38-30(22-40)34(26-15-7-2-8-16-26)36(46-38)28-19-11-4-12-20-28/h1-20H,23-24H2,(H,41,43)(H,42,44). The molecule has 0 saturated heterocycles. The van der Waals surface area contributed by atoms with Crippen LogP contribution in [-0.2, 0) is 9.59 Å². The van der Waals surface area contributed by atoms with E-state index in [0.717, 1.165) is 34.0 Å². The summed E-state index contributed by atoms with van der Waals surface area (Å²) in [6.45, 7) is 0.